The van der Waals surface area contributed by atoms with Gasteiger partial charge in [-0.1, -0.05) is 12.8 Å². The molecule has 1 saturated carbocycles. The van der Waals surface area contributed by atoms with E-state index in [1.54, 1.807) is 0 Å². The summed E-state index contributed by atoms with van der Waals surface area (Å²) >= 11 is 0. The first kappa shape index (κ1) is 12.1. The molecule has 0 aromatic carbocycles. The maximum absolute atomic E-state index is 11.4. The third-order valence-corrected chi connectivity index (χ3v) is 2.68. The Morgan fingerprint density at radius 1 is 1.40 bits per heavy atom. The summed E-state index contributed by atoms with van der Waals surface area (Å²) in [6.45, 7) is 1.24. The Kier molecular flexibility index (Phi) is 5.87. The minimum absolute atomic E-state index is 0.114. The summed E-state index contributed by atoms with van der Waals surface area (Å²) in [5.41, 5.74) is 0. The van der Waals surface area contributed by atoms with E-state index in [2.05, 4.69) is 16.6 Å². The van der Waals surface area contributed by atoms with Crippen molar-refractivity contribution in [1.29, 1.82) is 0 Å². The lowest BCUT2D eigenvalue weighted by Crippen LogP contribution is -2.39. The van der Waals surface area contributed by atoms with Crippen LogP contribution in [-0.4, -0.2) is 25.0 Å². The second kappa shape index (κ2) is 7.30. The number of hydrogen-bond donors (Lipinski definition) is 2. The number of amides is 1. The van der Waals surface area contributed by atoms with Crippen molar-refractivity contribution in [3.05, 3.63) is 0 Å². The van der Waals surface area contributed by atoms with Crippen LogP contribution in [0, 0.1) is 12.3 Å². The second-order valence-corrected chi connectivity index (χ2v) is 4.03. The van der Waals surface area contributed by atoms with Crippen LogP contribution in [-0.2, 0) is 4.79 Å². The summed E-state index contributed by atoms with van der Waals surface area (Å²) < 4.78 is 0. The molecule has 1 aliphatic rings. The average Bonchev–Trinajstić information content (AvgIpc) is 2.70. The Hall–Kier alpha value is -1.01. The molecule has 0 saturated heterocycles. The molecule has 0 radical (unpaired) electrons. The first-order valence-corrected chi connectivity index (χ1v) is 5.76. The summed E-state index contributed by atoms with van der Waals surface area (Å²) in [7, 11) is 0. The number of terminal acetylenes is 1. The van der Waals surface area contributed by atoms with E-state index in [4.69, 9.17) is 6.42 Å². The zero-order valence-corrected chi connectivity index (χ0v) is 9.22. The highest BCUT2D eigenvalue weighted by atomic mass is 16.1. The number of carbonyl (C=O) groups excluding carboxylic acids is 1. The molecule has 0 heterocycles. The highest BCUT2D eigenvalue weighted by molar-refractivity contribution is 5.78. The van der Waals surface area contributed by atoms with E-state index in [0.717, 1.165) is 32.2 Å². The third kappa shape index (κ3) is 5.44. The summed E-state index contributed by atoms with van der Waals surface area (Å²) in [5, 5.41) is 6.11. The Labute approximate surface area is 92.0 Å². The normalized spacial score (nSPS) is 16.2. The number of rotatable bonds is 6. The molecule has 2 N–H and O–H groups in total. The molecule has 1 fully saturated rings. The lowest BCUT2D eigenvalue weighted by molar-refractivity contribution is -0.120. The van der Waals surface area contributed by atoms with Crippen molar-refractivity contribution in [3.63, 3.8) is 0 Å². The van der Waals surface area contributed by atoms with Gasteiger partial charge in [0.2, 0.25) is 5.91 Å². The third-order valence-electron chi connectivity index (χ3n) is 2.68. The monoisotopic (exact) mass is 208 g/mol. The Bertz CT molecular complexity index is 226. The van der Waals surface area contributed by atoms with Crippen LogP contribution in [0.2, 0.25) is 0 Å². The molecule has 0 bridgehead atoms. The van der Waals surface area contributed by atoms with Crippen molar-refractivity contribution in [3.8, 4) is 12.3 Å². The minimum atomic E-state index is 0.114. The number of carbonyl (C=O) groups is 1. The number of unbranched alkanes of at least 4 members (excludes halogenated alkanes) is 1. The van der Waals surface area contributed by atoms with Gasteiger partial charge in [0, 0.05) is 12.5 Å². The van der Waals surface area contributed by atoms with E-state index in [1.165, 1.54) is 12.8 Å². The summed E-state index contributed by atoms with van der Waals surface area (Å²) in [6, 6.07) is 0.421. The molecule has 0 atom stereocenters. The quantitative estimate of drug-likeness (QED) is 0.506. The van der Waals surface area contributed by atoms with Crippen LogP contribution in [0.25, 0.3) is 0 Å². The first-order chi connectivity index (χ1) is 7.33. The largest absolute Gasteiger partial charge is 0.352 e. The molecule has 1 rings (SSSR count). The van der Waals surface area contributed by atoms with Crippen LogP contribution < -0.4 is 10.6 Å². The smallest absolute Gasteiger partial charge is 0.234 e. The van der Waals surface area contributed by atoms with Crippen molar-refractivity contribution in [2.24, 2.45) is 0 Å². The Balaban J connectivity index is 1.96. The van der Waals surface area contributed by atoms with E-state index in [1.807, 2.05) is 0 Å². The number of nitrogens with one attached hydrogen (secondary N) is 2. The van der Waals surface area contributed by atoms with Gasteiger partial charge in [-0.15, -0.1) is 12.3 Å². The molecule has 0 aliphatic heterocycles. The van der Waals surface area contributed by atoms with Gasteiger partial charge in [-0.3, -0.25) is 4.79 Å². The number of hydrogen-bond acceptors (Lipinski definition) is 2. The highest BCUT2D eigenvalue weighted by Gasteiger charge is 2.16. The van der Waals surface area contributed by atoms with Crippen LogP contribution in [0.1, 0.15) is 38.5 Å². The molecule has 0 unspecified atom stereocenters. The summed E-state index contributed by atoms with van der Waals surface area (Å²) in [6.07, 6.45) is 11.6. The summed E-state index contributed by atoms with van der Waals surface area (Å²) in [4.78, 5) is 11.4. The van der Waals surface area contributed by atoms with Gasteiger partial charge >= 0.3 is 0 Å². The molecule has 0 spiro atoms. The lowest BCUT2D eigenvalue weighted by Gasteiger charge is -2.11. The fraction of sp³-hybridized carbons (Fsp3) is 0.750. The van der Waals surface area contributed by atoms with E-state index in [-0.39, 0.29) is 5.91 Å². The predicted molar refractivity (Wildman–Crippen MR) is 61.3 cm³/mol. The van der Waals surface area contributed by atoms with Crippen LogP contribution >= 0.6 is 0 Å². The molecular formula is C12H20N2O. The van der Waals surface area contributed by atoms with Gasteiger partial charge in [0.1, 0.15) is 0 Å². The van der Waals surface area contributed by atoms with Crippen molar-refractivity contribution < 1.29 is 4.79 Å². The topological polar surface area (TPSA) is 41.1 Å². The molecule has 1 amide bonds. The Morgan fingerprint density at radius 3 is 2.80 bits per heavy atom. The van der Waals surface area contributed by atoms with Crippen LogP contribution in [0.4, 0.5) is 0 Å². The molecular weight excluding hydrogens is 188 g/mol. The molecule has 84 valence electrons. The van der Waals surface area contributed by atoms with Gasteiger partial charge in [-0.25, -0.2) is 0 Å². The van der Waals surface area contributed by atoms with Crippen molar-refractivity contribution in [1.82, 2.24) is 10.6 Å². The molecule has 0 aromatic heterocycles. The van der Waals surface area contributed by atoms with Crippen LogP contribution in [0.15, 0.2) is 0 Å². The minimum Gasteiger partial charge on any atom is -0.352 e. The van der Waals surface area contributed by atoms with Gasteiger partial charge in [-0.2, -0.15) is 0 Å². The van der Waals surface area contributed by atoms with E-state index < -0.39 is 0 Å². The summed E-state index contributed by atoms with van der Waals surface area (Å²) in [5.74, 6) is 2.69. The van der Waals surface area contributed by atoms with E-state index in [0.29, 0.717) is 12.6 Å². The maximum Gasteiger partial charge on any atom is 0.234 e. The van der Waals surface area contributed by atoms with Crippen molar-refractivity contribution >= 4 is 5.91 Å². The van der Waals surface area contributed by atoms with Crippen molar-refractivity contribution in [2.45, 2.75) is 44.6 Å². The van der Waals surface area contributed by atoms with Gasteiger partial charge in [0.05, 0.1) is 6.54 Å². The molecule has 3 nitrogen and oxygen atoms in total. The van der Waals surface area contributed by atoms with E-state index >= 15 is 0 Å². The fourth-order valence-corrected chi connectivity index (χ4v) is 1.87. The van der Waals surface area contributed by atoms with E-state index in [9.17, 15) is 4.79 Å². The molecule has 1 aliphatic carbocycles. The van der Waals surface area contributed by atoms with Crippen molar-refractivity contribution in [2.75, 3.05) is 13.1 Å². The lowest BCUT2D eigenvalue weighted by atomic mass is 10.2. The second-order valence-electron chi connectivity index (χ2n) is 4.03. The van der Waals surface area contributed by atoms with Gasteiger partial charge in [0.25, 0.3) is 0 Å². The van der Waals surface area contributed by atoms with Gasteiger partial charge in [0.15, 0.2) is 0 Å². The van der Waals surface area contributed by atoms with Crippen LogP contribution in [0.3, 0.4) is 0 Å². The maximum atomic E-state index is 11.4. The predicted octanol–water partition coefficient (Wildman–Crippen LogP) is 1.05. The molecule has 15 heavy (non-hydrogen) atoms. The average molecular weight is 208 g/mol. The van der Waals surface area contributed by atoms with Gasteiger partial charge < -0.3 is 10.6 Å². The standard InChI is InChI=1S/C12H20N2O/c1-2-3-6-9-13-10-12(15)14-11-7-4-5-8-11/h1,11,13H,3-10H2,(H,14,15). The highest BCUT2D eigenvalue weighted by Crippen LogP contribution is 2.17. The van der Waals surface area contributed by atoms with Crippen LogP contribution in [0.5, 0.6) is 0 Å². The first-order valence-electron chi connectivity index (χ1n) is 5.76. The SMILES string of the molecule is C#CCCCNCC(=O)NC1CCCC1. The molecule has 3 heteroatoms. The molecule has 0 aromatic rings. The Morgan fingerprint density at radius 2 is 2.13 bits per heavy atom. The zero-order valence-electron chi connectivity index (χ0n) is 9.22. The zero-order chi connectivity index (χ0) is 10.9. The van der Waals surface area contributed by atoms with Gasteiger partial charge in [-0.05, 0) is 25.8 Å². The fourth-order valence-electron chi connectivity index (χ4n) is 1.87.